The number of piperidine rings is 1. The van der Waals surface area contributed by atoms with E-state index in [0.717, 1.165) is 30.4 Å². The summed E-state index contributed by atoms with van der Waals surface area (Å²) in [4.78, 5) is 10.9. The van der Waals surface area contributed by atoms with Crippen LogP contribution in [0.1, 0.15) is 31.7 Å². The molecule has 0 amide bonds. The second kappa shape index (κ2) is 5.31. The summed E-state index contributed by atoms with van der Waals surface area (Å²) >= 11 is 0. The molecule has 1 aliphatic rings. The van der Waals surface area contributed by atoms with Crippen LogP contribution in [-0.2, 0) is 0 Å². The van der Waals surface area contributed by atoms with Gasteiger partial charge in [-0.2, -0.15) is 0 Å². The van der Waals surface area contributed by atoms with Crippen molar-refractivity contribution in [2.75, 3.05) is 23.4 Å². The first-order valence-electron chi connectivity index (χ1n) is 6.29. The molecular formula is C12H21N5. The van der Waals surface area contributed by atoms with Crippen LogP contribution in [0, 0.1) is 12.8 Å². The van der Waals surface area contributed by atoms with Crippen LogP contribution in [0.5, 0.6) is 0 Å². The highest BCUT2D eigenvalue weighted by molar-refractivity contribution is 5.57. The predicted molar refractivity (Wildman–Crippen MR) is 69.8 cm³/mol. The maximum absolute atomic E-state index is 5.44. The van der Waals surface area contributed by atoms with Crippen molar-refractivity contribution in [1.29, 1.82) is 0 Å². The highest BCUT2D eigenvalue weighted by atomic mass is 15.3. The second-order valence-corrected chi connectivity index (χ2v) is 4.68. The molecule has 1 fully saturated rings. The largest absolute Gasteiger partial charge is 0.356 e. The Morgan fingerprint density at radius 3 is 3.06 bits per heavy atom. The van der Waals surface area contributed by atoms with Crippen LogP contribution in [0.3, 0.4) is 0 Å². The monoisotopic (exact) mass is 235 g/mol. The summed E-state index contributed by atoms with van der Waals surface area (Å²) in [7, 11) is 0. The summed E-state index contributed by atoms with van der Waals surface area (Å²) in [5, 5.41) is 0. The molecule has 5 nitrogen and oxygen atoms in total. The van der Waals surface area contributed by atoms with Gasteiger partial charge >= 0.3 is 0 Å². The molecule has 1 atom stereocenters. The number of nitrogens with zero attached hydrogens (tertiary/aromatic N) is 3. The van der Waals surface area contributed by atoms with Crippen LogP contribution in [0.15, 0.2) is 6.33 Å². The lowest BCUT2D eigenvalue weighted by atomic mass is 9.95. The summed E-state index contributed by atoms with van der Waals surface area (Å²) in [5.74, 6) is 7.96. The highest BCUT2D eigenvalue weighted by Gasteiger charge is 2.21. The van der Waals surface area contributed by atoms with E-state index in [4.69, 9.17) is 5.84 Å². The number of anilines is 2. The van der Waals surface area contributed by atoms with E-state index >= 15 is 0 Å². The number of hydrazine groups is 1. The third kappa shape index (κ3) is 2.49. The Labute approximate surface area is 102 Å². The van der Waals surface area contributed by atoms with Gasteiger partial charge in [0.2, 0.25) is 0 Å². The normalized spacial score (nSPS) is 20.4. The molecule has 1 saturated heterocycles. The summed E-state index contributed by atoms with van der Waals surface area (Å²) in [5.41, 5.74) is 3.66. The highest BCUT2D eigenvalue weighted by Crippen LogP contribution is 2.27. The summed E-state index contributed by atoms with van der Waals surface area (Å²) in [6, 6.07) is 0. The van der Waals surface area contributed by atoms with Gasteiger partial charge in [0.25, 0.3) is 0 Å². The number of hydrogen-bond donors (Lipinski definition) is 2. The Bertz CT molecular complexity index is 379. The van der Waals surface area contributed by atoms with Gasteiger partial charge in [-0.05, 0) is 25.7 Å². The predicted octanol–water partition coefficient (Wildman–Crippen LogP) is 1.70. The van der Waals surface area contributed by atoms with Gasteiger partial charge < -0.3 is 10.3 Å². The first kappa shape index (κ1) is 12.1. The maximum Gasteiger partial charge on any atom is 0.148 e. The minimum absolute atomic E-state index is 0.716. The van der Waals surface area contributed by atoms with E-state index in [-0.39, 0.29) is 0 Å². The van der Waals surface area contributed by atoms with Crippen LogP contribution >= 0.6 is 0 Å². The molecule has 1 aromatic rings. The zero-order chi connectivity index (χ0) is 12.3. The quantitative estimate of drug-likeness (QED) is 0.616. The summed E-state index contributed by atoms with van der Waals surface area (Å²) < 4.78 is 0. The van der Waals surface area contributed by atoms with Crippen LogP contribution in [0.2, 0.25) is 0 Å². The third-order valence-electron chi connectivity index (χ3n) is 3.59. The Hall–Kier alpha value is -1.36. The van der Waals surface area contributed by atoms with E-state index < -0.39 is 0 Å². The molecule has 94 valence electrons. The van der Waals surface area contributed by atoms with Crippen molar-refractivity contribution < 1.29 is 0 Å². The number of rotatable bonds is 3. The molecule has 3 N–H and O–H groups in total. The minimum atomic E-state index is 0.716. The molecule has 2 heterocycles. The fourth-order valence-electron chi connectivity index (χ4n) is 2.50. The molecule has 0 radical (unpaired) electrons. The molecule has 0 aromatic carbocycles. The fraction of sp³-hybridized carbons (Fsp3) is 0.667. The van der Waals surface area contributed by atoms with Crippen molar-refractivity contribution in [2.45, 2.75) is 33.1 Å². The molecule has 1 aromatic heterocycles. The van der Waals surface area contributed by atoms with Crippen LogP contribution in [0.25, 0.3) is 0 Å². The molecule has 0 spiro atoms. The van der Waals surface area contributed by atoms with E-state index in [9.17, 15) is 0 Å². The Morgan fingerprint density at radius 1 is 1.53 bits per heavy atom. The smallest absolute Gasteiger partial charge is 0.148 e. The Kier molecular flexibility index (Phi) is 3.78. The van der Waals surface area contributed by atoms with Gasteiger partial charge in [-0.15, -0.1) is 0 Å². The molecular weight excluding hydrogens is 214 g/mol. The van der Waals surface area contributed by atoms with E-state index in [0.29, 0.717) is 5.82 Å². The van der Waals surface area contributed by atoms with E-state index in [1.807, 2.05) is 6.92 Å². The van der Waals surface area contributed by atoms with Crippen molar-refractivity contribution in [3.63, 3.8) is 0 Å². The topological polar surface area (TPSA) is 67.1 Å². The molecule has 17 heavy (non-hydrogen) atoms. The first-order chi connectivity index (χ1) is 8.26. The van der Waals surface area contributed by atoms with Gasteiger partial charge in [0.05, 0.1) is 0 Å². The molecule has 2 rings (SSSR count). The molecule has 0 saturated carbocycles. The average Bonchev–Trinajstić information content (AvgIpc) is 2.39. The molecule has 5 heteroatoms. The van der Waals surface area contributed by atoms with Gasteiger partial charge in [-0.3, -0.25) is 0 Å². The minimum Gasteiger partial charge on any atom is -0.356 e. The molecule has 0 aliphatic carbocycles. The van der Waals surface area contributed by atoms with E-state index in [2.05, 4.69) is 27.2 Å². The lowest BCUT2D eigenvalue weighted by Crippen LogP contribution is -2.36. The molecule has 1 aliphatic heterocycles. The van der Waals surface area contributed by atoms with Crippen molar-refractivity contribution in [1.82, 2.24) is 9.97 Å². The van der Waals surface area contributed by atoms with Gasteiger partial charge in [0.15, 0.2) is 0 Å². The second-order valence-electron chi connectivity index (χ2n) is 4.68. The molecule has 1 unspecified atom stereocenters. The lowest BCUT2D eigenvalue weighted by Gasteiger charge is -2.34. The standard InChI is InChI=1S/C12H21N5/c1-3-10-5-4-6-17(7-10)12-9(2)11(16-13)14-8-15-12/h8,10H,3-7,13H2,1-2H3,(H,14,15,16). The summed E-state index contributed by atoms with van der Waals surface area (Å²) in [6.07, 6.45) is 5.39. The van der Waals surface area contributed by atoms with Crippen molar-refractivity contribution in [3.05, 3.63) is 11.9 Å². The number of nitrogen functional groups attached to an aromatic ring is 1. The van der Waals surface area contributed by atoms with Crippen LogP contribution in [0.4, 0.5) is 11.6 Å². The number of nitrogens with two attached hydrogens (primary N) is 1. The Balaban J connectivity index is 2.21. The van der Waals surface area contributed by atoms with Gasteiger partial charge in [-0.25, -0.2) is 15.8 Å². The van der Waals surface area contributed by atoms with Crippen molar-refractivity contribution >= 4 is 11.6 Å². The number of aromatic nitrogens is 2. The first-order valence-corrected chi connectivity index (χ1v) is 6.29. The van der Waals surface area contributed by atoms with Gasteiger partial charge in [0.1, 0.15) is 18.0 Å². The SMILES string of the molecule is CCC1CCCN(c2ncnc(NN)c2C)C1. The number of nitrogens with one attached hydrogen (secondary N) is 1. The van der Waals surface area contributed by atoms with E-state index in [1.54, 1.807) is 6.33 Å². The Morgan fingerprint density at radius 2 is 2.35 bits per heavy atom. The average molecular weight is 235 g/mol. The van der Waals surface area contributed by atoms with Gasteiger partial charge in [-0.1, -0.05) is 13.3 Å². The van der Waals surface area contributed by atoms with Crippen LogP contribution in [-0.4, -0.2) is 23.1 Å². The van der Waals surface area contributed by atoms with Crippen LogP contribution < -0.4 is 16.2 Å². The van der Waals surface area contributed by atoms with Crippen molar-refractivity contribution in [2.24, 2.45) is 11.8 Å². The van der Waals surface area contributed by atoms with E-state index in [1.165, 1.54) is 19.3 Å². The third-order valence-corrected chi connectivity index (χ3v) is 3.59. The summed E-state index contributed by atoms with van der Waals surface area (Å²) in [6.45, 7) is 6.45. The maximum atomic E-state index is 5.44. The lowest BCUT2D eigenvalue weighted by molar-refractivity contribution is 0.402. The zero-order valence-corrected chi connectivity index (χ0v) is 10.6. The molecule has 0 bridgehead atoms. The fourth-order valence-corrected chi connectivity index (χ4v) is 2.50. The van der Waals surface area contributed by atoms with Crippen molar-refractivity contribution in [3.8, 4) is 0 Å². The zero-order valence-electron chi connectivity index (χ0n) is 10.6. The van der Waals surface area contributed by atoms with Gasteiger partial charge in [0, 0.05) is 18.7 Å². The number of hydrogen-bond acceptors (Lipinski definition) is 5.